The van der Waals surface area contributed by atoms with E-state index in [1.807, 2.05) is 6.92 Å². The Labute approximate surface area is 103 Å². The van der Waals surface area contributed by atoms with E-state index in [-0.39, 0.29) is 19.1 Å². The lowest BCUT2D eigenvalue weighted by Gasteiger charge is -2.07. The maximum Gasteiger partial charge on any atom is 0.271 e. The fraction of sp³-hybridized carbons (Fsp3) is 0.400. The highest BCUT2D eigenvalue weighted by atomic mass is 35.5. The number of halogens is 1. The number of carbonyl (C=O) groups is 1. The van der Waals surface area contributed by atoms with Gasteiger partial charge in [-0.15, -0.1) is 11.8 Å². The van der Waals surface area contributed by atoms with Crippen LogP contribution in [0.25, 0.3) is 0 Å². The van der Waals surface area contributed by atoms with Gasteiger partial charge in [0.05, 0.1) is 11.6 Å². The summed E-state index contributed by atoms with van der Waals surface area (Å²) in [5, 5.41) is 11.7. The van der Waals surface area contributed by atoms with Crippen molar-refractivity contribution in [2.75, 3.05) is 18.9 Å². The molecule has 0 spiro atoms. The van der Waals surface area contributed by atoms with E-state index in [0.717, 1.165) is 10.6 Å². The molecule has 6 heteroatoms. The van der Waals surface area contributed by atoms with Gasteiger partial charge in [0.1, 0.15) is 5.69 Å². The van der Waals surface area contributed by atoms with Crippen LogP contribution in [0.5, 0.6) is 0 Å². The van der Waals surface area contributed by atoms with Gasteiger partial charge in [-0.3, -0.25) is 4.79 Å². The zero-order valence-corrected chi connectivity index (χ0v) is 10.4. The maximum atomic E-state index is 11.7. The summed E-state index contributed by atoms with van der Waals surface area (Å²) < 4.78 is 0. The second-order valence-electron chi connectivity index (χ2n) is 2.91. The summed E-state index contributed by atoms with van der Waals surface area (Å²) in [4.78, 5) is 16.4. The molecule has 0 aliphatic rings. The molecule has 88 valence electrons. The number of amides is 1. The Morgan fingerprint density at radius 2 is 2.44 bits per heavy atom. The smallest absolute Gasteiger partial charge is 0.271 e. The maximum absolute atomic E-state index is 11.7. The van der Waals surface area contributed by atoms with Crippen molar-refractivity contribution in [2.24, 2.45) is 0 Å². The zero-order valence-electron chi connectivity index (χ0n) is 8.86. The number of aliphatic hydroxyl groups is 1. The molecule has 1 heterocycles. The monoisotopic (exact) mass is 260 g/mol. The summed E-state index contributed by atoms with van der Waals surface area (Å²) in [7, 11) is 0. The molecule has 1 aromatic heterocycles. The summed E-state index contributed by atoms with van der Waals surface area (Å²) >= 11 is 7.32. The summed E-state index contributed by atoms with van der Waals surface area (Å²) in [6.45, 7) is 2.12. The number of carbonyl (C=O) groups excluding carboxylic acids is 1. The number of aliphatic hydroxyl groups excluding tert-OH is 1. The number of rotatable bonds is 5. The van der Waals surface area contributed by atoms with Gasteiger partial charge in [-0.25, -0.2) is 4.98 Å². The van der Waals surface area contributed by atoms with Gasteiger partial charge >= 0.3 is 0 Å². The highest BCUT2D eigenvalue weighted by Crippen LogP contribution is 2.24. The number of hydrogen-bond acceptors (Lipinski definition) is 4. The predicted octanol–water partition coefficient (Wildman–Crippen LogP) is 1.57. The van der Waals surface area contributed by atoms with Crippen molar-refractivity contribution in [1.29, 1.82) is 0 Å². The van der Waals surface area contributed by atoms with Gasteiger partial charge in [0.15, 0.2) is 0 Å². The molecule has 2 N–H and O–H groups in total. The number of aromatic nitrogens is 1. The van der Waals surface area contributed by atoms with Gasteiger partial charge in [0, 0.05) is 17.6 Å². The summed E-state index contributed by atoms with van der Waals surface area (Å²) in [6, 6.07) is 1.72. The summed E-state index contributed by atoms with van der Waals surface area (Å²) in [5.74, 6) is 0.545. The van der Waals surface area contributed by atoms with E-state index in [4.69, 9.17) is 16.7 Å². The molecule has 1 aromatic rings. The molecular weight excluding hydrogens is 248 g/mol. The summed E-state index contributed by atoms with van der Waals surface area (Å²) in [5.41, 5.74) is 0.352. The Kier molecular flexibility index (Phi) is 5.59. The third-order valence-electron chi connectivity index (χ3n) is 1.73. The van der Waals surface area contributed by atoms with Crippen molar-refractivity contribution in [3.8, 4) is 0 Å². The lowest BCUT2D eigenvalue weighted by atomic mass is 10.3. The third kappa shape index (κ3) is 3.66. The number of thioether (sulfide) groups is 1. The molecule has 0 aliphatic carbocycles. The van der Waals surface area contributed by atoms with Crippen LogP contribution in [0, 0.1) is 0 Å². The number of nitrogens with one attached hydrogen (secondary N) is 1. The Bertz CT molecular complexity index is 374. The largest absolute Gasteiger partial charge is 0.395 e. The average molecular weight is 261 g/mol. The molecule has 0 atom stereocenters. The first-order valence-electron chi connectivity index (χ1n) is 4.86. The minimum Gasteiger partial charge on any atom is -0.395 e. The van der Waals surface area contributed by atoms with E-state index in [9.17, 15) is 4.79 Å². The minimum atomic E-state index is -0.290. The van der Waals surface area contributed by atoms with Crippen molar-refractivity contribution in [1.82, 2.24) is 10.3 Å². The van der Waals surface area contributed by atoms with Gasteiger partial charge in [-0.05, 0) is 11.8 Å². The Hall–Kier alpha value is -0.780. The lowest BCUT2D eigenvalue weighted by Crippen LogP contribution is -2.27. The molecule has 0 saturated carbocycles. The Morgan fingerprint density at radius 1 is 1.69 bits per heavy atom. The molecule has 0 aliphatic heterocycles. The molecule has 0 unspecified atom stereocenters. The number of hydrogen-bond donors (Lipinski definition) is 2. The van der Waals surface area contributed by atoms with Gasteiger partial charge in [0.2, 0.25) is 0 Å². The first-order chi connectivity index (χ1) is 7.69. The van der Waals surface area contributed by atoms with Crippen molar-refractivity contribution in [3.05, 3.63) is 23.0 Å². The lowest BCUT2D eigenvalue weighted by molar-refractivity contribution is 0.0936. The SMILES string of the molecule is CCSc1cc(Cl)cnc1C(=O)NCCO. The van der Waals surface area contributed by atoms with Crippen LogP contribution in [0.4, 0.5) is 0 Å². The molecule has 0 aromatic carbocycles. The van der Waals surface area contributed by atoms with E-state index in [0.29, 0.717) is 10.7 Å². The van der Waals surface area contributed by atoms with Crippen molar-refractivity contribution in [3.63, 3.8) is 0 Å². The van der Waals surface area contributed by atoms with Crippen LogP contribution in [0.2, 0.25) is 5.02 Å². The van der Waals surface area contributed by atoms with Gasteiger partial charge < -0.3 is 10.4 Å². The molecule has 1 amide bonds. The van der Waals surface area contributed by atoms with E-state index >= 15 is 0 Å². The topological polar surface area (TPSA) is 62.2 Å². The van der Waals surface area contributed by atoms with Gasteiger partial charge in [0.25, 0.3) is 5.91 Å². The fourth-order valence-corrected chi connectivity index (χ4v) is 2.14. The van der Waals surface area contributed by atoms with Crippen LogP contribution in [-0.2, 0) is 0 Å². The molecule has 4 nitrogen and oxygen atoms in total. The van der Waals surface area contributed by atoms with Gasteiger partial charge in [-0.1, -0.05) is 18.5 Å². The highest BCUT2D eigenvalue weighted by Gasteiger charge is 2.13. The normalized spacial score (nSPS) is 10.2. The van der Waals surface area contributed by atoms with E-state index in [1.165, 1.54) is 18.0 Å². The summed E-state index contributed by atoms with van der Waals surface area (Å²) in [6.07, 6.45) is 1.44. The standard InChI is InChI=1S/C10H13ClN2O2S/c1-2-16-8-5-7(11)6-13-9(8)10(15)12-3-4-14/h5-6,14H,2-4H2,1H3,(H,12,15). The van der Waals surface area contributed by atoms with Crippen LogP contribution < -0.4 is 5.32 Å². The first kappa shape index (κ1) is 13.3. The molecule has 0 radical (unpaired) electrons. The van der Waals surface area contributed by atoms with Crippen LogP contribution in [0.3, 0.4) is 0 Å². The third-order valence-corrected chi connectivity index (χ3v) is 2.85. The Morgan fingerprint density at radius 3 is 3.06 bits per heavy atom. The minimum absolute atomic E-state index is 0.0877. The van der Waals surface area contributed by atoms with Crippen molar-refractivity contribution >= 4 is 29.3 Å². The van der Waals surface area contributed by atoms with E-state index in [1.54, 1.807) is 6.07 Å². The fourth-order valence-electron chi connectivity index (χ4n) is 1.11. The first-order valence-corrected chi connectivity index (χ1v) is 6.22. The van der Waals surface area contributed by atoms with E-state index in [2.05, 4.69) is 10.3 Å². The van der Waals surface area contributed by atoms with E-state index < -0.39 is 0 Å². The molecule has 1 rings (SSSR count). The molecular formula is C10H13ClN2O2S. The predicted molar refractivity (Wildman–Crippen MR) is 65.1 cm³/mol. The van der Waals surface area contributed by atoms with Crippen molar-refractivity contribution in [2.45, 2.75) is 11.8 Å². The molecule has 0 fully saturated rings. The second-order valence-corrected chi connectivity index (χ2v) is 4.66. The quantitative estimate of drug-likeness (QED) is 0.789. The second kappa shape index (κ2) is 6.73. The molecule has 0 bridgehead atoms. The van der Waals surface area contributed by atoms with Gasteiger partial charge in [-0.2, -0.15) is 0 Å². The van der Waals surface area contributed by atoms with Crippen LogP contribution in [0.1, 0.15) is 17.4 Å². The molecule has 16 heavy (non-hydrogen) atoms. The average Bonchev–Trinajstić information content (AvgIpc) is 2.26. The number of pyridine rings is 1. The van der Waals surface area contributed by atoms with Crippen LogP contribution in [0.15, 0.2) is 17.2 Å². The molecule has 0 saturated heterocycles. The highest BCUT2D eigenvalue weighted by molar-refractivity contribution is 7.99. The zero-order chi connectivity index (χ0) is 12.0. The van der Waals surface area contributed by atoms with Crippen LogP contribution >= 0.6 is 23.4 Å². The number of nitrogens with zero attached hydrogens (tertiary/aromatic N) is 1. The van der Waals surface area contributed by atoms with Crippen LogP contribution in [-0.4, -0.2) is 34.9 Å². The Balaban J connectivity index is 2.88. The van der Waals surface area contributed by atoms with Crippen molar-refractivity contribution < 1.29 is 9.90 Å².